The van der Waals surface area contributed by atoms with Crippen molar-refractivity contribution < 1.29 is 14.3 Å². The van der Waals surface area contributed by atoms with Crippen LogP contribution in [0.3, 0.4) is 0 Å². The number of benzene rings is 1. The first-order valence-electron chi connectivity index (χ1n) is 6.19. The third-order valence-corrected chi connectivity index (χ3v) is 2.43. The third-order valence-electron chi connectivity index (χ3n) is 2.43. The molecule has 0 aromatic heterocycles. The summed E-state index contributed by atoms with van der Waals surface area (Å²) in [5.74, 6) is -0.100. The van der Waals surface area contributed by atoms with E-state index in [9.17, 15) is 9.59 Å². The summed E-state index contributed by atoms with van der Waals surface area (Å²) < 4.78 is 5.14. The van der Waals surface area contributed by atoms with Crippen molar-refractivity contribution in [2.75, 3.05) is 18.5 Å². The fourth-order valence-corrected chi connectivity index (χ4v) is 1.44. The number of hydrogen-bond acceptors (Lipinski definition) is 4. The van der Waals surface area contributed by atoms with Crippen molar-refractivity contribution in [3.63, 3.8) is 0 Å². The molecule has 0 aliphatic carbocycles. The molecule has 0 aliphatic heterocycles. The first kappa shape index (κ1) is 15.6. The van der Waals surface area contributed by atoms with E-state index in [-0.39, 0.29) is 18.6 Å². The molecular weight excluding hydrogens is 258 g/mol. The van der Waals surface area contributed by atoms with E-state index < -0.39 is 5.91 Å². The van der Waals surface area contributed by atoms with Gasteiger partial charge in [-0.15, -0.1) is 6.58 Å². The lowest BCUT2D eigenvalue weighted by Crippen LogP contribution is -2.37. The predicted octanol–water partition coefficient (Wildman–Crippen LogP) is 0.653. The summed E-state index contributed by atoms with van der Waals surface area (Å²) in [7, 11) is 0. The van der Waals surface area contributed by atoms with E-state index in [1.165, 1.54) is 0 Å². The number of anilines is 1. The molecule has 2 amide bonds. The van der Waals surface area contributed by atoms with Gasteiger partial charge in [0.15, 0.2) is 6.61 Å². The van der Waals surface area contributed by atoms with Gasteiger partial charge in [-0.2, -0.15) is 0 Å². The minimum Gasteiger partial charge on any atom is -0.484 e. The molecule has 1 atom stereocenters. The molecule has 0 saturated heterocycles. The molecule has 0 fully saturated rings. The fourth-order valence-electron chi connectivity index (χ4n) is 1.44. The lowest BCUT2D eigenvalue weighted by Gasteiger charge is -2.15. The first-order chi connectivity index (χ1) is 9.52. The van der Waals surface area contributed by atoms with Crippen LogP contribution >= 0.6 is 0 Å². The van der Waals surface area contributed by atoms with Crippen LogP contribution in [-0.4, -0.2) is 31.0 Å². The number of ether oxygens (including phenoxy) is 1. The second kappa shape index (κ2) is 7.83. The Balaban J connectivity index is 2.50. The largest absolute Gasteiger partial charge is 0.484 e. The zero-order chi connectivity index (χ0) is 15.0. The highest BCUT2D eigenvalue weighted by molar-refractivity contribution is 5.84. The van der Waals surface area contributed by atoms with Crippen molar-refractivity contribution in [2.45, 2.75) is 13.0 Å². The summed E-state index contributed by atoms with van der Waals surface area (Å²) in [5.41, 5.74) is 5.76. The second-order valence-electron chi connectivity index (χ2n) is 4.18. The molecule has 1 rings (SSSR count). The molecule has 6 nitrogen and oxygen atoms in total. The minimum absolute atomic E-state index is 0.112. The van der Waals surface area contributed by atoms with Crippen LogP contribution < -0.4 is 21.1 Å². The Bertz CT molecular complexity index is 471. The van der Waals surface area contributed by atoms with Crippen molar-refractivity contribution in [3.05, 3.63) is 36.9 Å². The Morgan fingerprint density at radius 3 is 2.60 bits per heavy atom. The molecule has 4 N–H and O–H groups in total. The number of rotatable bonds is 8. The number of carbonyl (C=O) groups excluding carboxylic acids is 2. The zero-order valence-electron chi connectivity index (χ0n) is 11.4. The highest BCUT2D eigenvalue weighted by Crippen LogP contribution is 2.16. The van der Waals surface area contributed by atoms with Crippen LogP contribution in [0, 0.1) is 0 Å². The molecule has 0 aliphatic rings. The molecule has 20 heavy (non-hydrogen) atoms. The van der Waals surface area contributed by atoms with E-state index in [0.717, 1.165) is 5.69 Å². The summed E-state index contributed by atoms with van der Waals surface area (Å²) >= 11 is 0. The number of carbonyl (C=O) groups is 2. The first-order valence-corrected chi connectivity index (χ1v) is 6.19. The number of nitrogens with two attached hydrogens (primary N) is 1. The Morgan fingerprint density at radius 2 is 2.05 bits per heavy atom. The maximum Gasteiger partial charge on any atom is 0.255 e. The van der Waals surface area contributed by atoms with Gasteiger partial charge in [-0.1, -0.05) is 6.08 Å². The van der Waals surface area contributed by atoms with Gasteiger partial charge in [0.1, 0.15) is 11.8 Å². The minimum atomic E-state index is -0.528. The molecule has 6 heteroatoms. The van der Waals surface area contributed by atoms with Crippen molar-refractivity contribution in [1.29, 1.82) is 0 Å². The summed E-state index contributed by atoms with van der Waals surface area (Å²) in [6.07, 6.45) is 1.62. The lowest BCUT2D eigenvalue weighted by molar-refractivity contribution is -0.121. The molecule has 0 unspecified atom stereocenters. The van der Waals surface area contributed by atoms with Crippen molar-refractivity contribution in [3.8, 4) is 5.75 Å². The number of nitrogens with one attached hydrogen (secondary N) is 2. The monoisotopic (exact) mass is 277 g/mol. The summed E-state index contributed by atoms with van der Waals surface area (Å²) in [6, 6.07) is 6.54. The quantitative estimate of drug-likeness (QED) is 0.608. The molecule has 1 aromatic rings. The summed E-state index contributed by atoms with van der Waals surface area (Å²) in [4.78, 5) is 22.2. The van der Waals surface area contributed by atoms with Gasteiger partial charge in [0.25, 0.3) is 5.91 Å². The summed E-state index contributed by atoms with van der Waals surface area (Å²) in [5, 5.41) is 5.75. The van der Waals surface area contributed by atoms with E-state index in [4.69, 9.17) is 10.5 Å². The van der Waals surface area contributed by atoms with E-state index in [1.807, 2.05) is 0 Å². The van der Waals surface area contributed by atoms with Gasteiger partial charge in [-0.3, -0.25) is 9.59 Å². The van der Waals surface area contributed by atoms with Gasteiger partial charge in [0.05, 0.1) is 0 Å². The molecule has 0 bridgehead atoms. The molecule has 0 heterocycles. The average molecular weight is 277 g/mol. The van der Waals surface area contributed by atoms with Gasteiger partial charge in [-0.05, 0) is 31.2 Å². The van der Waals surface area contributed by atoms with E-state index in [0.29, 0.717) is 12.3 Å². The van der Waals surface area contributed by atoms with Crippen molar-refractivity contribution in [2.24, 2.45) is 5.73 Å². The van der Waals surface area contributed by atoms with Gasteiger partial charge in [0, 0.05) is 12.2 Å². The highest BCUT2D eigenvalue weighted by atomic mass is 16.5. The SMILES string of the molecule is C=CCNC(=O)[C@@H](C)Nc1ccc(OCC(N)=O)cc1. The van der Waals surface area contributed by atoms with Crippen molar-refractivity contribution in [1.82, 2.24) is 5.32 Å². The van der Waals surface area contributed by atoms with Crippen LogP contribution in [0.4, 0.5) is 5.69 Å². The van der Waals surface area contributed by atoms with E-state index in [2.05, 4.69) is 17.2 Å². The molecule has 0 saturated carbocycles. The number of hydrogen-bond donors (Lipinski definition) is 3. The topological polar surface area (TPSA) is 93.4 Å². The second-order valence-corrected chi connectivity index (χ2v) is 4.18. The van der Waals surface area contributed by atoms with E-state index >= 15 is 0 Å². The molecule has 1 aromatic carbocycles. The Labute approximate surface area is 118 Å². The molecule has 0 radical (unpaired) electrons. The Morgan fingerprint density at radius 1 is 1.40 bits per heavy atom. The van der Waals surface area contributed by atoms with Gasteiger partial charge < -0.3 is 21.1 Å². The van der Waals surface area contributed by atoms with Crippen LogP contribution in [0.2, 0.25) is 0 Å². The maximum atomic E-state index is 11.7. The average Bonchev–Trinajstić information content (AvgIpc) is 2.43. The van der Waals surface area contributed by atoms with Gasteiger partial charge in [0.2, 0.25) is 5.91 Å². The standard InChI is InChI=1S/C14H19N3O3/c1-3-8-16-14(19)10(2)17-11-4-6-12(7-5-11)20-9-13(15)18/h3-7,10,17H,1,8-9H2,2H3,(H2,15,18)(H,16,19)/t10-/m1/s1. The van der Waals surface area contributed by atoms with Crippen LogP contribution in [0.1, 0.15) is 6.92 Å². The molecule has 0 spiro atoms. The highest BCUT2D eigenvalue weighted by Gasteiger charge is 2.11. The van der Waals surface area contributed by atoms with Crippen LogP contribution in [-0.2, 0) is 9.59 Å². The summed E-state index contributed by atoms with van der Waals surface area (Å²) in [6.45, 7) is 5.57. The number of primary amides is 1. The predicted molar refractivity (Wildman–Crippen MR) is 77.4 cm³/mol. The Hall–Kier alpha value is -2.50. The zero-order valence-corrected chi connectivity index (χ0v) is 11.4. The molecule has 108 valence electrons. The third kappa shape index (κ3) is 5.43. The van der Waals surface area contributed by atoms with Crippen molar-refractivity contribution >= 4 is 17.5 Å². The molecular formula is C14H19N3O3. The maximum absolute atomic E-state index is 11.7. The lowest BCUT2D eigenvalue weighted by atomic mass is 10.2. The van der Waals surface area contributed by atoms with E-state index in [1.54, 1.807) is 37.3 Å². The Kier molecular flexibility index (Phi) is 6.09. The van der Waals surface area contributed by atoms with Gasteiger partial charge in [-0.25, -0.2) is 0 Å². The van der Waals surface area contributed by atoms with Crippen LogP contribution in [0.25, 0.3) is 0 Å². The number of amides is 2. The van der Waals surface area contributed by atoms with Gasteiger partial charge >= 0.3 is 0 Å². The smallest absolute Gasteiger partial charge is 0.255 e. The fraction of sp³-hybridized carbons (Fsp3) is 0.286. The normalized spacial score (nSPS) is 11.2. The van der Waals surface area contributed by atoms with Crippen LogP contribution in [0.15, 0.2) is 36.9 Å². The van der Waals surface area contributed by atoms with Crippen LogP contribution in [0.5, 0.6) is 5.75 Å².